The molecule has 0 spiro atoms. The summed E-state index contributed by atoms with van der Waals surface area (Å²) in [5, 5.41) is 6.73. The van der Waals surface area contributed by atoms with Crippen molar-refractivity contribution in [2.45, 2.75) is 45.3 Å². The number of likely N-dealkylation sites (N-methyl/N-ethyl adjacent to an activating group) is 1. The second kappa shape index (κ2) is 13.4. The van der Waals surface area contributed by atoms with Gasteiger partial charge in [0.25, 0.3) is 0 Å². The van der Waals surface area contributed by atoms with Crippen molar-refractivity contribution >= 4 is 45.2 Å². The molecule has 2 amide bonds. The Morgan fingerprint density at radius 2 is 1.93 bits per heavy atom. The van der Waals surface area contributed by atoms with Gasteiger partial charge >= 0.3 is 6.09 Å². The standard InChI is InChI=1S/C28H40N8O3S/c1-28(2,3)39-27(38)34-22(8-7-13-32-26(29)30)25(37)31-14-15-36(6)19-10-12-21-24(17-19)40-23-16-18(35(4)5)9-11-20(23)33-21/h9-12,16-17,22H,7-8,13-15H2,1-6H3,(H5-,29,30,31,32,34,37,38)/p+1/t22-/m0/s1. The number of amides is 2. The Balaban J connectivity index is 1.64. The smallest absolute Gasteiger partial charge is 0.408 e. The van der Waals surface area contributed by atoms with Crippen LogP contribution < -0.4 is 36.9 Å². The molecule has 1 atom stereocenters. The number of benzene rings is 2. The first-order chi connectivity index (χ1) is 18.8. The number of hydrogen-bond donors (Lipinski definition) is 4. The fourth-order valence-electron chi connectivity index (χ4n) is 3.94. The second-order valence-electron chi connectivity index (χ2n) is 10.8. The molecular weight excluding hydrogens is 528 g/mol. The van der Waals surface area contributed by atoms with Gasteiger partial charge in [0.05, 0.1) is 20.8 Å². The average molecular weight is 570 g/mol. The molecule has 0 saturated carbocycles. The molecule has 2 aliphatic rings. The summed E-state index contributed by atoms with van der Waals surface area (Å²) in [6.45, 7) is 6.62. The number of aromatic nitrogens is 1. The van der Waals surface area contributed by atoms with E-state index in [1.807, 2.05) is 33.3 Å². The number of rotatable bonds is 10. The van der Waals surface area contributed by atoms with E-state index < -0.39 is 17.7 Å². The van der Waals surface area contributed by atoms with E-state index in [0.29, 0.717) is 32.5 Å². The van der Waals surface area contributed by atoms with Crippen molar-refractivity contribution < 1.29 is 14.3 Å². The number of alkyl carbamates (subject to hydrolysis) is 1. The van der Waals surface area contributed by atoms with Crippen LogP contribution in [0.2, 0.25) is 0 Å². The number of nitrogens with zero attached hydrogens (tertiary/aromatic N) is 4. The summed E-state index contributed by atoms with van der Waals surface area (Å²) in [7, 11) is 6.02. The van der Waals surface area contributed by atoms with Gasteiger partial charge in [-0.2, -0.15) is 0 Å². The average Bonchev–Trinajstić information content (AvgIpc) is 2.87. The molecule has 0 saturated heterocycles. The van der Waals surface area contributed by atoms with Gasteiger partial charge in [-0.25, -0.2) is 14.4 Å². The van der Waals surface area contributed by atoms with Crippen molar-refractivity contribution in [3.8, 4) is 10.6 Å². The van der Waals surface area contributed by atoms with Gasteiger partial charge in [0, 0.05) is 44.5 Å². The third-order valence-electron chi connectivity index (χ3n) is 6.00. The third kappa shape index (κ3) is 9.08. The molecule has 216 valence electrons. The highest BCUT2D eigenvalue weighted by Gasteiger charge is 2.24. The topological polar surface area (TPSA) is 151 Å². The molecule has 0 fully saturated rings. The van der Waals surface area contributed by atoms with Gasteiger partial charge in [0.2, 0.25) is 11.3 Å². The van der Waals surface area contributed by atoms with Crippen LogP contribution in [0.4, 0.5) is 10.5 Å². The summed E-state index contributed by atoms with van der Waals surface area (Å²) in [5.74, 6) is -0.307. The van der Waals surface area contributed by atoms with Gasteiger partial charge in [0.15, 0.2) is 5.96 Å². The van der Waals surface area contributed by atoms with Crippen molar-refractivity contribution in [3.05, 3.63) is 41.8 Å². The minimum atomic E-state index is -0.775. The van der Waals surface area contributed by atoms with Gasteiger partial charge < -0.3 is 31.7 Å². The summed E-state index contributed by atoms with van der Waals surface area (Å²) in [5.41, 5.74) is 13.0. The van der Waals surface area contributed by atoms with E-state index in [1.165, 1.54) is 0 Å². The molecule has 11 nitrogen and oxygen atoms in total. The molecule has 12 heteroatoms. The Hall–Kier alpha value is -3.93. The Labute approximate surface area is 239 Å². The monoisotopic (exact) mass is 569 g/mol. The minimum Gasteiger partial charge on any atom is -0.444 e. The summed E-state index contributed by atoms with van der Waals surface area (Å²) in [4.78, 5) is 37.3. The van der Waals surface area contributed by atoms with Crippen molar-refractivity contribution in [2.75, 3.05) is 45.7 Å². The molecule has 0 unspecified atom stereocenters. The van der Waals surface area contributed by atoms with Crippen molar-refractivity contribution in [3.63, 3.8) is 0 Å². The van der Waals surface area contributed by atoms with Crippen LogP contribution in [0.3, 0.4) is 0 Å². The first-order valence-corrected chi connectivity index (χ1v) is 14.0. The van der Waals surface area contributed by atoms with Gasteiger partial charge in [-0.1, -0.05) is 0 Å². The molecule has 1 aliphatic carbocycles. The first-order valence-electron chi connectivity index (χ1n) is 13.2. The number of nitrogens with two attached hydrogens (primary N) is 2. The summed E-state index contributed by atoms with van der Waals surface area (Å²) in [6.07, 6.45) is 0.228. The lowest BCUT2D eigenvalue weighted by molar-refractivity contribution is -0.123. The van der Waals surface area contributed by atoms with Crippen LogP contribution in [-0.4, -0.2) is 75.4 Å². The van der Waals surface area contributed by atoms with E-state index in [2.05, 4.69) is 49.4 Å². The number of guanidine groups is 1. The Kier molecular flexibility index (Phi) is 10.3. The lowest BCUT2D eigenvalue weighted by atomic mass is 10.1. The van der Waals surface area contributed by atoms with Crippen LogP contribution in [0.1, 0.15) is 33.6 Å². The van der Waals surface area contributed by atoms with Gasteiger partial charge in [-0.15, -0.1) is 11.3 Å². The van der Waals surface area contributed by atoms with Crippen LogP contribution >= 0.6 is 11.3 Å². The third-order valence-corrected chi connectivity index (χ3v) is 7.10. The lowest BCUT2D eigenvalue weighted by Gasteiger charge is -2.24. The molecular formula is C28H41N8O3S+. The molecule has 0 aromatic heterocycles. The van der Waals surface area contributed by atoms with Crippen LogP contribution in [0.5, 0.6) is 0 Å². The van der Waals surface area contributed by atoms with Crippen LogP contribution in [0, 0.1) is 0 Å². The molecule has 1 aromatic rings. The van der Waals surface area contributed by atoms with Crippen LogP contribution in [-0.2, 0) is 9.53 Å². The van der Waals surface area contributed by atoms with Crippen LogP contribution in [0.15, 0.2) is 41.4 Å². The Morgan fingerprint density at radius 1 is 1.18 bits per heavy atom. The van der Waals surface area contributed by atoms with E-state index in [-0.39, 0.29) is 11.9 Å². The molecule has 0 radical (unpaired) electrons. The van der Waals surface area contributed by atoms with E-state index in [4.69, 9.17) is 21.2 Å². The number of carbonyl (C=O) groups excluding carboxylic acids is 2. The number of fused-ring (bicyclic) bond motifs is 2. The van der Waals surface area contributed by atoms with Gasteiger partial charge in [-0.3, -0.25) is 9.79 Å². The summed E-state index contributed by atoms with van der Waals surface area (Å²) >= 11 is 1.71. The predicted octanol–water partition coefficient (Wildman–Crippen LogP) is 1.93. The normalized spacial score (nSPS) is 12.1. The van der Waals surface area contributed by atoms with E-state index in [9.17, 15) is 9.59 Å². The number of carbonyl (C=O) groups is 2. The van der Waals surface area contributed by atoms with Crippen LogP contribution in [0.25, 0.3) is 20.8 Å². The molecule has 0 bridgehead atoms. The maximum atomic E-state index is 13.0. The summed E-state index contributed by atoms with van der Waals surface area (Å²) < 4.78 is 8.49. The molecule has 3 rings (SSSR count). The zero-order chi connectivity index (χ0) is 29.4. The molecule has 40 heavy (non-hydrogen) atoms. The minimum absolute atomic E-state index is 0.0130. The lowest BCUT2D eigenvalue weighted by Crippen LogP contribution is -2.49. The maximum Gasteiger partial charge on any atom is 0.408 e. The molecule has 1 aliphatic heterocycles. The number of aliphatic imine (C=N–C) groups is 1. The summed E-state index contributed by atoms with van der Waals surface area (Å²) in [6, 6.07) is 11.7. The van der Waals surface area contributed by atoms with E-state index in [0.717, 1.165) is 31.8 Å². The highest BCUT2D eigenvalue weighted by atomic mass is 32.1. The quantitative estimate of drug-likeness (QED) is 0.0958. The zero-order valence-corrected chi connectivity index (χ0v) is 25.0. The highest BCUT2D eigenvalue weighted by Crippen LogP contribution is 2.31. The number of nitrogens with one attached hydrogen (secondary N) is 2. The van der Waals surface area contributed by atoms with Gasteiger partial charge in [-0.05, 0) is 57.9 Å². The highest BCUT2D eigenvalue weighted by molar-refractivity contribution is 7.21. The Bertz CT molecular complexity index is 1400. The maximum absolute atomic E-state index is 13.0. The molecule has 1 aromatic carbocycles. The second-order valence-corrected chi connectivity index (χ2v) is 11.9. The first kappa shape index (κ1) is 30.6. The molecule has 6 N–H and O–H groups in total. The molecule has 1 heterocycles. The Morgan fingerprint density at radius 3 is 2.60 bits per heavy atom. The van der Waals surface area contributed by atoms with Crippen molar-refractivity contribution in [1.29, 1.82) is 0 Å². The fraction of sp³-hybridized carbons (Fsp3) is 0.464. The fourth-order valence-corrected chi connectivity index (χ4v) is 4.97. The SMILES string of the molecule is CN(CCNC(=O)[C@H](CCCN=C(N)N)NC(=O)OC(C)(C)C)c1ccc2nc3ccc(=[N+](C)C)cc-3sc2c1. The van der Waals surface area contributed by atoms with Crippen molar-refractivity contribution in [2.24, 2.45) is 16.5 Å². The predicted molar refractivity (Wildman–Crippen MR) is 163 cm³/mol. The van der Waals surface area contributed by atoms with E-state index >= 15 is 0 Å². The number of anilines is 1. The van der Waals surface area contributed by atoms with Gasteiger partial charge in [0.1, 0.15) is 25.7 Å². The number of hydrogen-bond acceptors (Lipinski definition) is 7. The van der Waals surface area contributed by atoms with Crippen molar-refractivity contribution in [1.82, 2.24) is 20.2 Å². The zero-order valence-electron chi connectivity index (χ0n) is 24.2. The van der Waals surface area contributed by atoms with E-state index in [1.54, 1.807) is 32.1 Å². The largest absolute Gasteiger partial charge is 0.444 e. The number of ether oxygens (including phenoxy) is 1.